The van der Waals surface area contributed by atoms with E-state index in [0.717, 1.165) is 51.5 Å². The fraction of sp³-hybridized carbons (Fsp3) is 0.538. The maximum Gasteiger partial charge on any atom is 0.122 e. The fourth-order valence-corrected chi connectivity index (χ4v) is 2.15. The highest BCUT2D eigenvalue weighted by molar-refractivity contribution is 7.80. The lowest BCUT2D eigenvalue weighted by Crippen LogP contribution is -2.37. The molecule has 0 atom stereocenters. The van der Waals surface area contributed by atoms with Crippen LogP contribution in [0.15, 0.2) is 18.3 Å². The quantitative estimate of drug-likeness (QED) is 0.595. The molecule has 6 heteroatoms. The molecule has 1 fully saturated rings. The average molecular weight is 280 g/mol. The molecule has 0 aliphatic carbocycles. The Morgan fingerprint density at radius 3 is 3.00 bits per heavy atom. The van der Waals surface area contributed by atoms with Crippen LogP contribution in [0.3, 0.4) is 0 Å². The Morgan fingerprint density at radius 2 is 2.26 bits per heavy atom. The second-order valence-electron chi connectivity index (χ2n) is 4.53. The van der Waals surface area contributed by atoms with Crippen molar-refractivity contribution in [2.24, 2.45) is 5.73 Å². The van der Waals surface area contributed by atoms with Crippen molar-refractivity contribution < 1.29 is 4.74 Å². The molecular weight excluding hydrogens is 260 g/mol. The van der Waals surface area contributed by atoms with Gasteiger partial charge in [0.1, 0.15) is 4.99 Å². The minimum atomic E-state index is 0.331. The van der Waals surface area contributed by atoms with E-state index >= 15 is 0 Å². The van der Waals surface area contributed by atoms with E-state index in [1.54, 1.807) is 6.20 Å². The first-order chi connectivity index (χ1) is 9.25. The molecule has 1 aromatic rings. The Morgan fingerprint density at radius 1 is 1.47 bits per heavy atom. The Balaban J connectivity index is 1.70. The summed E-state index contributed by atoms with van der Waals surface area (Å²) >= 11 is 4.91. The molecule has 2 heterocycles. The van der Waals surface area contributed by atoms with Gasteiger partial charge >= 0.3 is 0 Å². The molecule has 2 rings (SSSR count). The summed E-state index contributed by atoms with van der Waals surface area (Å²) in [5.41, 5.74) is 7.23. The summed E-state index contributed by atoms with van der Waals surface area (Å²) in [6.07, 6.45) is 2.82. The van der Waals surface area contributed by atoms with E-state index in [4.69, 9.17) is 22.7 Å². The van der Waals surface area contributed by atoms with Crippen LogP contribution in [0.5, 0.6) is 0 Å². The number of aromatic nitrogens is 1. The summed E-state index contributed by atoms with van der Waals surface area (Å²) in [5, 5.41) is 3.37. The number of thiocarbonyl (C=S) groups is 1. The first-order valence-electron chi connectivity index (χ1n) is 6.55. The molecule has 0 bridgehead atoms. The third kappa shape index (κ3) is 4.74. The van der Waals surface area contributed by atoms with E-state index in [1.807, 2.05) is 12.1 Å². The summed E-state index contributed by atoms with van der Waals surface area (Å²) < 4.78 is 5.32. The van der Waals surface area contributed by atoms with Crippen LogP contribution in [0, 0.1) is 0 Å². The molecule has 0 amide bonds. The lowest BCUT2D eigenvalue weighted by atomic mass is 10.3. The molecule has 0 unspecified atom stereocenters. The summed E-state index contributed by atoms with van der Waals surface area (Å²) in [5.74, 6) is 0. The second-order valence-corrected chi connectivity index (χ2v) is 4.97. The van der Waals surface area contributed by atoms with Crippen LogP contribution in [0.4, 0.5) is 5.69 Å². The van der Waals surface area contributed by atoms with Gasteiger partial charge in [-0.1, -0.05) is 12.2 Å². The van der Waals surface area contributed by atoms with Crippen molar-refractivity contribution >= 4 is 22.9 Å². The highest BCUT2D eigenvalue weighted by Gasteiger charge is 2.09. The number of hydrogen-bond donors (Lipinski definition) is 2. The molecule has 0 spiro atoms. The minimum Gasteiger partial charge on any atom is -0.388 e. The zero-order chi connectivity index (χ0) is 13.5. The van der Waals surface area contributed by atoms with Gasteiger partial charge < -0.3 is 15.8 Å². The van der Waals surface area contributed by atoms with Gasteiger partial charge in [0.15, 0.2) is 0 Å². The van der Waals surface area contributed by atoms with E-state index in [9.17, 15) is 0 Å². The van der Waals surface area contributed by atoms with Gasteiger partial charge in [0.25, 0.3) is 0 Å². The zero-order valence-electron chi connectivity index (χ0n) is 11.0. The molecule has 104 valence electrons. The fourth-order valence-electron chi connectivity index (χ4n) is 2.04. The zero-order valence-corrected chi connectivity index (χ0v) is 11.8. The molecule has 0 aromatic carbocycles. The monoisotopic (exact) mass is 280 g/mol. The second kappa shape index (κ2) is 7.37. The van der Waals surface area contributed by atoms with Crippen molar-refractivity contribution in [2.45, 2.75) is 6.42 Å². The van der Waals surface area contributed by atoms with Crippen LogP contribution < -0.4 is 11.1 Å². The molecule has 0 radical (unpaired) electrons. The minimum absolute atomic E-state index is 0.331. The number of nitrogens with zero attached hydrogens (tertiary/aromatic N) is 2. The predicted molar refractivity (Wildman–Crippen MR) is 80.5 cm³/mol. The molecule has 1 aliphatic heterocycles. The largest absolute Gasteiger partial charge is 0.388 e. The van der Waals surface area contributed by atoms with E-state index in [0.29, 0.717) is 10.7 Å². The Kier molecular flexibility index (Phi) is 5.50. The molecular formula is C13H20N4OS. The van der Waals surface area contributed by atoms with Crippen LogP contribution >= 0.6 is 12.2 Å². The van der Waals surface area contributed by atoms with Gasteiger partial charge in [-0.05, 0) is 25.1 Å². The summed E-state index contributed by atoms with van der Waals surface area (Å²) in [4.78, 5) is 6.87. The van der Waals surface area contributed by atoms with Crippen LogP contribution in [0.2, 0.25) is 0 Å². The van der Waals surface area contributed by atoms with Gasteiger partial charge in [0.05, 0.1) is 18.9 Å². The topological polar surface area (TPSA) is 63.4 Å². The average Bonchev–Trinajstić information content (AvgIpc) is 2.45. The standard InChI is InChI=1S/C13H20N4OS/c14-13(19)12-10-11(2-4-16-12)15-3-1-5-17-6-8-18-9-7-17/h2,4,10H,1,3,5-9H2,(H2,14,19)(H,15,16). The van der Waals surface area contributed by atoms with E-state index in [-0.39, 0.29) is 0 Å². The lowest BCUT2D eigenvalue weighted by Gasteiger charge is -2.26. The van der Waals surface area contributed by atoms with Crippen molar-refractivity contribution in [3.8, 4) is 0 Å². The first-order valence-corrected chi connectivity index (χ1v) is 6.96. The van der Waals surface area contributed by atoms with E-state index < -0.39 is 0 Å². The lowest BCUT2D eigenvalue weighted by molar-refractivity contribution is 0.0378. The number of anilines is 1. The third-order valence-corrected chi connectivity index (χ3v) is 3.31. The SMILES string of the molecule is NC(=S)c1cc(NCCCN2CCOCC2)ccn1. The van der Waals surface area contributed by atoms with Crippen LogP contribution in [0.25, 0.3) is 0 Å². The third-order valence-electron chi connectivity index (χ3n) is 3.10. The van der Waals surface area contributed by atoms with E-state index in [2.05, 4.69) is 15.2 Å². The Bertz CT molecular complexity index is 421. The molecule has 1 saturated heterocycles. The van der Waals surface area contributed by atoms with Gasteiger partial charge in [-0.3, -0.25) is 9.88 Å². The number of pyridine rings is 1. The maximum atomic E-state index is 5.56. The number of rotatable bonds is 6. The summed E-state index contributed by atoms with van der Waals surface area (Å²) in [6.45, 7) is 5.83. The normalized spacial score (nSPS) is 16.2. The number of ether oxygens (including phenoxy) is 1. The van der Waals surface area contributed by atoms with Gasteiger partial charge in [0, 0.05) is 31.5 Å². The van der Waals surface area contributed by atoms with Gasteiger partial charge in [0.2, 0.25) is 0 Å². The predicted octanol–water partition coefficient (Wildman–Crippen LogP) is 0.850. The van der Waals surface area contributed by atoms with Crippen molar-refractivity contribution in [3.05, 3.63) is 24.0 Å². The first kappa shape index (κ1) is 14.2. The van der Waals surface area contributed by atoms with Crippen LogP contribution in [-0.4, -0.2) is 54.3 Å². The van der Waals surface area contributed by atoms with Gasteiger partial charge in [-0.2, -0.15) is 0 Å². The molecule has 1 aliphatic rings. The molecule has 3 N–H and O–H groups in total. The van der Waals surface area contributed by atoms with Crippen molar-refractivity contribution in [3.63, 3.8) is 0 Å². The number of nitrogens with two attached hydrogens (primary N) is 1. The van der Waals surface area contributed by atoms with Crippen molar-refractivity contribution in [1.29, 1.82) is 0 Å². The van der Waals surface area contributed by atoms with Crippen LogP contribution in [0.1, 0.15) is 12.1 Å². The number of nitrogens with one attached hydrogen (secondary N) is 1. The van der Waals surface area contributed by atoms with E-state index in [1.165, 1.54) is 0 Å². The number of morpholine rings is 1. The van der Waals surface area contributed by atoms with Crippen LogP contribution in [-0.2, 0) is 4.74 Å². The summed E-state index contributed by atoms with van der Waals surface area (Å²) in [6, 6.07) is 3.81. The number of hydrogen-bond acceptors (Lipinski definition) is 5. The highest BCUT2D eigenvalue weighted by atomic mass is 32.1. The van der Waals surface area contributed by atoms with Gasteiger partial charge in [-0.25, -0.2) is 0 Å². The highest BCUT2D eigenvalue weighted by Crippen LogP contribution is 2.08. The summed E-state index contributed by atoms with van der Waals surface area (Å²) in [7, 11) is 0. The van der Waals surface area contributed by atoms with Crippen molar-refractivity contribution in [1.82, 2.24) is 9.88 Å². The Labute approximate surface area is 119 Å². The molecule has 0 saturated carbocycles. The maximum absolute atomic E-state index is 5.56. The smallest absolute Gasteiger partial charge is 0.122 e. The molecule has 1 aromatic heterocycles. The molecule has 19 heavy (non-hydrogen) atoms. The molecule has 5 nitrogen and oxygen atoms in total. The van der Waals surface area contributed by atoms with Gasteiger partial charge in [-0.15, -0.1) is 0 Å². The Hall–Kier alpha value is -1.24. The van der Waals surface area contributed by atoms with Crippen molar-refractivity contribution in [2.75, 3.05) is 44.7 Å².